The van der Waals surface area contributed by atoms with Crippen molar-refractivity contribution in [3.63, 3.8) is 0 Å². The third kappa shape index (κ3) is 3.65. The molecule has 0 unspecified atom stereocenters. The monoisotopic (exact) mass is 311 g/mol. The fourth-order valence-electron chi connectivity index (χ4n) is 2.60. The molecule has 0 amide bonds. The highest BCUT2D eigenvalue weighted by atomic mass is 32.2. The Kier molecular flexibility index (Phi) is 4.47. The highest BCUT2D eigenvalue weighted by molar-refractivity contribution is 7.89. The molecule has 0 bridgehead atoms. The maximum atomic E-state index is 12.7. The van der Waals surface area contributed by atoms with Crippen LogP contribution in [0.1, 0.15) is 40.2 Å². The fraction of sp³-hybridized carbons (Fsp3) is 0.625. The number of ether oxygens (including phenoxy) is 1. The van der Waals surface area contributed by atoms with Crippen molar-refractivity contribution in [1.29, 1.82) is 0 Å². The second kappa shape index (κ2) is 5.71. The van der Waals surface area contributed by atoms with E-state index in [-0.39, 0.29) is 17.6 Å². The van der Waals surface area contributed by atoms with Crippen LogP contribution in [0.4, 0.5) is 0 Å². The Morgan fingerprint density at radius 1 is 1.05 bits per heavy atom. The van der Waals surface area contributed by atoms with E-state index in [0.717, 1.165) is 5.56 Å². The topological polar surface area (TPSA) is 46.6 Å². The Morgan fingerprint density at radius 2 is 1.52 bits per heavy atom. The zero-order valence-corrected chi connectivity index (χ0v) is 14.3. The van der Waals surface area contributed by atoms with E-state index in [1.165, 1.54) is 4.31 Å². The van der Waals surface area contributed by atoms with E-state index < -0.39 is 10.0 Å². The van der Waals surface area contributed by atoms with Crippen LogP contribution < -0.4 is 0 Å². The van der Waals surface area contributed by atoms with Gasteiger partial charge in [-0.15, -0.1) is 0 Å². The van der Waals surface area contributed by atoms with Crippen LogP contribution in [-0.4, -0.2) is 38.0 Å². The molecule has 5 heteroatoms. The van der Waals surface area contributed by atoms with E-state index in [0.29, 0.717) is 18.0 Å². The molecule has 4 nitrogen and oxygen atoms in total. The lowest BCUT2D eigenvalue weighted by Gasteiger charge is -2.34. The Morgan fingerprint density at radius 3 is 1.95 bits per heavy atom. The smallest absolute Gasteiger partial charge is 0.243 e. The molecule has 118 valence electrons. The van der Waals surface area contributed by atoms with Crippen molar-refractivity contribution in [3.8, 4) is 0 Å². The molecule has 2 rings (SSSR count). The minimum absolute atomic E-state index is 0.0181. The maximum absolute atomic E-state index is 12.7. The van der Waals surface area contributed by atoms with Crippen LogP contribution in [0, 0.1) is 0 Å². The van der Waals surface area contributed by atoms with Crippen molar-refractivity contribution in [1.82, 2.24) is 4.31 Å². The summed E-state index contributed by atoms with van der Waals surface area (Å²) in [6, 6.07) is 7.22. The molecule has 1 saturated heterocycles. The summed E-state index contributed by atoms with van der Waals surface area (Å²) in [5.41, 5.74) is 1.15. The van der Waals surface area contributed by atoms with Crippen LogP contribution in [0.3, 0.4) is 0 Å². The van der Waals surface area contributed by atoms with Crippen LogP contribution in [0.15, 0.2) is 29.2 Å². The van der Waals surface area contributed by atoms with Crippen LogP contribution in [0.2, 0.25) is 0 Å². The first-order valence-electron chi connectivity index (χ1n) is 7.37. The number of benzene rings is 1. The summed E-state index contributed by atoms with van der Waals surface area (Å²) < 4.78 is 32.6. The molecule has 0 N–H and O–H groups in total. The molecule has 1 aliphatic rings. The Balaban J connectivity index is 2.27. The fourth-order valence-corrected chi connectivity index (χ4v) is 4.19. The van der Waals surface area contributed by atoms with E-state index in [4.69, 9.17) is 4.74 Å². The average Bonchev–Trinajstić information content (AvgIpc) is 2.36. The molecule has 0 aliphatic carbocycles. The lowest BCUT2D eigenvalue weighted by atomic mass is 9.87. The van der Waals surface area contributed by atoms with Gasteiger partial charge in [0, 0.05) is 13.1 Å². The number of sulfonamides is 1. The summed E-state index contributed by atoms with van der Waals surface area (Å²) >= 11 is 0. The van der Waals surface area contributed by atoms with Crippen LogP contribution in [0.5, 0.6) is 0 Å². The predicted octanol–water partition coefficient (Wildman–Crippen LogP) is 2.78. The highest BCUT2D eigenvalue weighted by Gasteiger charge is 2.32. The maximum Gasteiger partial charge on any atom is 0.243 e. The summed E-state index contributed by atoms with van der Waals surface area (Å²) in [5.74, 6) is 0. The third-order valence-electron chi connectivity index (χ3n) is 3.74. The van der Waals surface area contributed by atoms with E-state index in [9.17, 15) is 8.42 Å². The van der Waals surface area contributed by atoms with E-state index in [1.54, 1.807) is 12.1 Å². The number of morpholine rings is 1. The summed E-state index contributed by atoms with van der Waals surface area (Å²) in [6.07, 6.45) is -0.144. The second-order valence-corrected chi connectivity index (χ2v) is 8.79. The minimum Gasteiger partial charge on any atom is -0.373 e. The molecular weight excluding hydrogens is 286 g/mol. The SMILES string of the molecule is C[C@@H]1CN(S(=O)(=O)c2ccc(C(C)(C)C)cc2)C[C@@H](C)O1. The summed E-state index contributed by atoms with van der Waals surface area (Å²) in [7, 11) is -3.44. The normalized spacial score (nSPS) is 25.0. The zero-order chi connectivity index (χ0) is 15.8. The first-order chi connectivity index (χ1) is 9.60. The molecule has 0 spiro atoms. The summed E-state index contributed by atoms with van der Waals surface area (Å²) in [4.78, 5) is 0.358. The van der Waals surface area contributed by atoms with Gasteiger partial charge in [-0.1, -0.05) is 32.9 Å². The van der Waals surface area contributed by atoms with Gasteiger partial charge >= 0.3 is 0 Å². The van der Waals surface area contributed by atoms with Gasteiger partial charge in [-0.3, -0.25) is 0 Å². The van der Waals surface area contributed by atoms with E-state index >= 15 is 0 Å². The number of hydrogen-bond acceptors (Lipinski definition) is 3. The van der Waals surface area contributed by atoms with Crippen molar-refractivity contribution in [2.45, 2.75) is 57.1 Å². The molecule has 0 saturated carbocycles. The number of nitrogens with zero attached hydrogens (tertiary/aromatic N) is 1. The van der Waals surface area contributed by atoms with Gasteiger partial charge in [0.05, 0.1) is 17.1 Å². The van der Waals surface area contributed by atoms with Crippen molar-refractivity contribution < 1.29 is 13.2 Å². The average molecular weight is 311 g/mol. The van der Waals surface area contributed by atoms with Gasteiger partial charge in [0.2, 0.25) is 10.0 Å². The van der Waals surface area contributed by atoms with Gasteiger partial charge in [-0.2, -0.15) is 4.31 Å². The predicted molar refractivity (Wildman–Crippen MR) is 83.9 cm³/mol. The van der Waals surface area contributed by atoms with Gasteiger partial charge in [0.15, 0.2) is 0 Å². The lowest BCUT2D eigenvalue weighted by Crippen LogP contribution is -2.48. The lowest BCUT2D eigenvalue weighted by molar-refractivity contribution is -0.0440. The molecule has 1 aromatic carbocycles. The van der Waals surface area contributed by atoms with Gasteiger partial charge < -0.3 is 4.74 Å². The molecule has 1 aliphatic heterocycles. The highest BCUT2D eigenvalue weighted by Crippen LogP contribution is 2.26. The first kappa shape index (κ1) is 16.5. The van der Waals surface area contributed by atoms with Gasteiger partial charge in [0.25, 0.3) is 0 Å². The van der Waals surface area contributed by atoms with E-state index in [2.05, 4.69) is 20.8 Å². The first-order valence-corrected chi connectivity index (χ1v) is 8.81. The molecular formula is C16H25NO3S. The van der Waals surface area contributed by atoms with Gasteiger partial charge in [-0.25, -0.2) is 8.42 Å². The summed E-state index contributed by atoms with van der Waals surface area (Å²) in [5, 5.41) is 0. The second-order valence-electron chi connectivity index (χ2n) is 6.85. The van der Waals surface area contributed by atoms with Crippen LogP contribution >= 0.6 is 0 Å². The standard InChI is InChI=1S/C16H25NO3S/c1-12-10-17(11-13(2)20-12)21(18,19)15-8-6-14(7-9-15)16(3,4)5/h6-9,12-13H,10-11H2,1-5H3/t12-,13-/m1/s1. The molecule has 0 aromatic heterocycles. The summed E-state index contributed by atoms with van der Waals surface area (Å²) in [6.45, 7) is 11.0. The quantitative estimate of drug-likeness (QED) is 0.844. The number of hydrogen-bond donors (Lipinski definition) is 0. The molecule has 1 fully saturated rings. The van der Waals surface area contributed by atoms with Crippen LogP contribution in [-0.2, 0) is 20.2 Å². The van der Waals surface area contributed by atoms with Gasteiger partial charge in [-0.05, 0) is 37.0 Å². The van der Waals surface area contributed by atoms with Gasteiger partial charge in [0.1, 0.15) is 0 Å². The zero-order valence-electron chi connectivity index (χ0n) is 13.5. The molecule has 21 heavy (non-hydrogen) atoms. The Bertz CT molecular complexity index is 577. The minimum atomic E-state index is -3.44. The van der Waals surface area contributed by atoms with Crippen molar-refractivity contribution >= 4 is 10.0 Å². The van der Waals surface area contributed by atoms with Crippen molar-refractivity contribution in [2.24, 2.45) is 0 Å². The largest absolute Gasteiger partial charge is 0.373 e. The molecule has 1 aromatic rings. The Hall–Kier alpha value is -0.910. The Labute approximate surface area is 128 Å². The van der Waals surface area contributed by atoms with Crippen LogP contribution in [0.25, 0.3) is 0 Å². The molecule has 0 radical (unpaired) electrons. The molecule has 2 atom stereocenters. The molecule has 1 heterocycles. The van der Waals surface area contributed by atoms with E-state index in [1.807, 2.05) is 26.0 Å². The van der Waals surface area contributed by atoms with Crippen molar-refractivity contribution in [2.75, 3.05) is 13.1 Å². The number of rotatable bonds is 2. The van der Waals surface area contributed by atoms with Crippen molar-refractivity contribution in [3.05, 3.63) is 29.8 Å². The third-order valence-corrected chi connectivity index (χ3v) is 5.59.